The lowest BCUT2D eigenvalue weighted by molar-refractivity contribution is -0.789. The summed E-state index contributed by atoms with van der Waals surface area (Å²) in [4.78, 5) is 28.6. The van der Waals surface area contributed by atoms with Gasteiger partial charge in [-0.2, -0.15) is 0 Å². The molecular formula is C9H10N2O6. The Morgan fingerprint density at radius 3 is 2.29 bits per heavy atom. The van der Waals surface area contributed by atoms with E-state index in [1.807, 2.05) is 0 Å². The standard InChI is InChI=1S/C9H10N2O6/c12-10(13)16-7-9(17-11(14)15)6-8-4-2-1-3-5-8/h1-5,9H,6-7H2/t9-/m1/s1. The van der Waals surface area contributed by atoms with Crippen LogP contribution in [0.15, 0.2) is 30.3 Å². The Labute approximate surface area is 96.0 Å². The average molecular weight is 242 g/mol. The molecule has 0 aliphatic rings. The molecule has 0 unspecified atom stereocenters. The van der Waals surface area contributed by atoms with Crippen LogP contribution in [0, 0.1) is 20.2 Å². The molecule has 0 N–H and O–H groups in total. The Hall–Kier alpha value is -2.38. The van der Waals surface area contributed by atoms with Crippen LogP contribution < -0.4 is 0 Å². The fraction of sp³-hybridized carbons (Fsp3) is 0.333. The number of hydrogen-bond acceptors (Lipinski definition) is 6. The van der Waals surface area contributed by atoms with Gasteiger partial charge in [0.25, 0.3) is 10.2 Å². The third kappa shape index (κ3) is 5.30. The first kappa shape index (κ1) is 12.7. The largest absolute Gasteiger partial charge is 0.312 e. The highest BCUT2D eigenvalue weighted by molar-refractivity contribution is 5.15. The van der Waals surface area contributed by atoms with Gasteiger partial charge in [0.1, 0.15) is 12.7 Å². The molecule has 0 spiro atoms. The van der Waals surface area contributed by atoms with E-state index in [4.69, 9.17) is 0 Å². The van der Waals surface area contributed by atoms with Crippen LogP contribution in [0.1, 0.15) is 5.56 Å². The summed E-state index contributed by atoms with van der Waals surface area (Å²) in [7, 11) is 0. The van der Waals surface area contributed by atoms with Crippen molar-refractivity contribution in [3.63, 3.8) is 0 Å². The molecule has 0 aliphatic carbocycles. The Balaban J connectivity index is 2.56. The van der Waals surface area contributed by atoms with Crippen molar-refractivity contribution < 1.29 is 19.8 Å². The van der Waals surface area contributed by atoms with Gasteiger partial charge in [-0.1, -0.05) is 30.3 Å². The van der Waals surface area contributed by atoms with Crippen molar-refractivity contribution in [2.75, 3.05) is 6.61 Å². The Morgan fingerprint density at radius 1 is 1.12 bits per heavy atom. The maximum Gasteiger partial charge on any atom is 0.294 e. The van der Waals surface area contributed by atoms with Crippen LogP contribution in [0.2, 0.25) is 0 Å². The smallest absolute Gasteiger partial charge is 0.294 e. The van der Waals surface area contributed by atoms with E-state index in [1.165, 1.54) is 0 Å². The molecule has 8 heteroatoms. The number of nitrogens with zero attached hydrogens (tertiary/aromatic N) is 2. The van der Waals surface area contributed by atoms with E-state index in [1.54, 1.807) is 30.3 Å². The maximum atomic E-state index is 10.2. The van der Waals surface area contributed by atoms with Gasteiger partial charge < -0.3 is 9.68 Å². The minimum absolute atomic E-state index is 0.162. The third-order valence-electron chi connectivity index (χ3n) is 1.91. The summed E-state index contributed by atoms with van der Waals surface area (Å²) in [6, 6.07) is 8.78. The van der Waals surface area contributed by atoms with Crippen LogP contribution in [0.5, 0.6) is 0 Å². The summed E-state index contributed by atoms with van der Waals surface area (Å²) in [5, 5.41) is 18.2. The summed E-state index contributed by atoms with van der Waals surface area (Å²) >= 11 is 0. The molecule has 1 rings (SSSR count). The fourth-order valence-electron chi connectivity index (χ4n) is 1.27. The van der Waals surface area contributed by atoms with Crippen LogP contribution >= 0.6 is 0 Å². The highest BCUT2D eigenvalue weighted by Crippen LogP contribution is 2.06. The molecule has 0 aliphatic heterocycles. The second-order valence-electron chi connectivity index (χ2n) is 3.16. The quantitative estimate of drug-likeness (QED) is 0.522. The molecule has 17 heavy (non-hydrogen) atoms. The van der Waals surface area contributed by atoms with Crippen LogP contribution in [0.4, 0.5) is 0 Å². The molecule has 0 radical (unpaired) electrons. The van der Waals surface area contributed by atoms with Crippen LogP contribution in [0.25, 0.3) is 0 Å². The lowest BCUT2D eigenvalue weighted by atomic mass is 10.1. The third-order valence-corrected chi connectivity index (χ3v) is 1.91. The molecule has 0 saturated heterocycles. The SMILES string of the molecule is O=[N+]([O-])OC[C@@H](Cc1ccccc1)O[N+](=O)[O-]. The van der Waals surface area contributed by atoms with Gasteiger partial charge in [-0.05, 0) is 5.56 Å². The minimum Gasteiger partial charge on any atom is -0.312 e. The molecule has 0 saturated carbocycles. The first-order valence-corrected chi connectivity index (χ1v) is 4.70. The Morgan fingerprint density at radius 2 is 1.76 bits per heavy atom. The maximum absolute atomic E-state index is 10.2. The molecule has 1 aromatic rings. The van der Waals surface area contributed by atoms with E-state index in [0.717, 1.165) is 5.56 Å². The van der Waals surface area contributed by atoms with Gasteiger partial charge in [0, 0.05) is 6.42 Å². The van der Waals surface area contributed by atoms with Gasteiger partial charge in [0.15, 0.2) is 0 Å². The van der Waals surface area contributed by atoms with Crippen LogP contribution in [-0.4, -0.2) is 22.9 Å². The van der Waals surface area contributed by atoms with Gasteiger partial charge in [-0.3, -0.25) is 0 Å². The molecule has 1 atom stereocenters. The van der Waals surface area contributed by atoms with Crippen molar-refractivity contribution in [1.82, 2.24) is 0 Å². The molecule has 0 aromatic heterocycles. The molecule has 0 fully saturated rings. The topological polar surface area (TPSA) is 105 Å². The van der Waals surface area contributed by atoms with Gasteiger partial charge in [0.2, 0.25) is 0 Å². The van der Waals surface area contributed by atoms with Crippen LogP contribution in [0.3, 0.4) is 0 Å². The van der Waals surface area contributed by atoms with E-state index in [2.05, 4.69) is 9.68 Å². The van der Waals surface area contributed by atoms with E-state index in [-0.39, 0.29) is 6.42 Å². The molecule has 1 aromatic carbocycles. The van der Waals surface area contributed by atoms with E-state index >= 15 is 0 Å². The average Bonchev–Trinajstić information content (AvgIpc) is 2.26. The fourth-order valence-corrected chi connectivity index (χ4v) is 1.27. The Bertz CT molecular complexity index is 382. The van der Waals surface area contributed by atoms with Gasteiger partial charge in [-0.15, -0.1) is 20.2 Å². The van der Waals surface area contributed by atoms with Crippen molar-refractivity contribution in [1.29, 1.82) is 0 Å². The number of hydrogen-bond donors (Lipinski definition) is 0. The zero-order valence-corrected chi connectivity index (χ0v) is 8.72. The first-order chi connectivity index (χ1) is 8.08. The number of benzene rings is 1. The van der Waals surface area contributed by atoms with E-state index in [9.17, 15) is 20.2 Å². The van der Waals surface area contributed by atoms with Gasteiger partial charge in [-0.25, -0.2) is 0 Å². The molecule has 0 bridgehead atoms. The summed E-state index contributed by atoms with van der Waals surface area (Å²) in [6.07, 6.45) is -0.840. The second-order valence-corrected chi connectivity index (χ2v) is 3.16. The van der Waals surface area contributed by atoms with Gasteiger partial charge >= 0.3 is 0 Å². The highest BCUT2D eigenvalue weighted by atomic mass is 17.0. The molecule has 8 nitrogen and oxygen atoms in total. The lowest BCUT2D eigenvalue weighted by Gasteiger charge is -2.13. The summed E-state index contributed by atoms with van der Waals surface area (Å²) in [6.45, 7) is -0.483. The highest BCUT2D eigenvalue weighted by Gasteiger charge is 2.16. The van der Waals surface area contributed by atoms with Crippen molar-refractivity contribution >= 4 is 0 Å². The molecule has 92 valence electrons. The van der Waals surface area contributed by atoms with Gasteiger partial charge in [0.05, 0.1) is 0 Å². The van der Waals surface area contributed by atoms with Crippen molar-refractivity contribution in [2.45, 2.75) is 12.5 Å². The monoisotopic (exact) mass is 242 g/mol. The predicted octanol–water partition coefficient (Wildman–Crippen LogP) is 1.01. The number of rotatable bonds is 7. The molecule has 0 heterocycles. The first-order valence-electron chi connectivity index (χ1n) is 4.70. The van der Waals surface area contributed by atoms with E-state index in [0.29, 0.717) is 0 Å². The van der Waals surface area contributed by atoms with E-state index < -0.39 is 22.9 Å². The molecule has 0 amide bonds. The predicted molar refractivity (Wildman–Crippen MR) is 55.0 cm³/mol. The second kappa shape index (κ2) is 6.26. The van der Waals surface area contributed by atoms with Crippen molar-refractivity contribution in [2.24, 2.45) is 0 Å². The van der Waals surface area contributed by atoms with Crippen molar-refractivity contribution in [3.05, 3.63) is 56.1 Å². The molecular weight excluding hydrogens is 232 g/mol. The summed E-state index contributed by atoms with van der Waals surface area (Å²) in [5.74, 6) is 0. The Kier molecular flexibility index (Phi) is 4.67. The lowest BCUT2D eigenvalue weighted by Crippen LogP contribution is -2.26. The zero-order valence-electron chi connectivity index (χ0n) is 8.72. The van der Waals surface area contributed by atoms with Crippen LogP contribution in [-0.2, 0) is 16.1 Å². The normalized spacial score (nSPS) is 11.5. The zero-order chi connectivity index (χ0) is 12.7. The minimum atomic E-state index is -1.01. The van der Waals surface area contributed by atoms with Crippen molar-refractivity contribution in [3.8, 4) is 0 Å². The summed E-state index contributed by atoms with van der Waals surface area (Å²) in [5.41, 5.74) is 0.770. The summed E-state index contributed by atoms with van der Waals surface area (Å²) < 4.78 is 0.